The molecule has 0 aliphatic rings. The van der Waals surface area contributed by atoms with Crippen LogP contribution in [0.2, 0.25) is 5.02 Å². The Balaban J connectivity index is 2.31. The fraction of sp³-hybridized carbons (Fsp3) is 0.0769. The highest BCUT2D eigenvalue weighted by atomic mass is 79.9. The molecule has 2 rings (SSSR count). The standard InChI is InChI=1S/C13H10BrClFNO/c14-9-6-8(7-17)4-5-11(9)18-12-3-1-2-10(15)13(12)16/h1-6H,7,17H2. The van der Waals surface area contributed by atoms with Crippen LogP contribution in [0.5, 0.6) is 11.5 Å². The molecule has 0 radical (unpaired) electrons. The summed E-state index contributed by atoms with van der Waals surface area (Å²) in [5, 5.41) is 0.0298. The zero-order valence-corrected chi connectivity index (χ0v) is 11.6. The van der Waals surface area contributed by atoms with Gasteiger partial charge in [0.05, 0.1) is 9.50 Å². The molecule has 0 unspecified atom stereocenters. The molecule has 5 heteroatoms. The van der Waals surface area contributed by atoms with E-state index in [4.69, 9.17) is 22.1 Å². The van der Waals surface area contributed by atoms with Gasteiger partial charge >= 0.3 is 0 Å². The Labute approximate surface area is 118 Å². The lowest BCUT2D eigenvalue weighted by Crippen LogP contribution is -1.96. The fourth-order valence-electron chi connectivity index (χ4n) is 1.44. The van der Waals surface area contributed by atoms with Crippen molar-refractivity contribution in [1.82, 2.24) is 0 Å². The summed E-state index contributed by atoms with van der Waals surface area (Å²) in [6.45, 7) is 0.435. The zero-order valence-electron chi connectivity index (χ0n) is 9.29. The third-order valence-electron chi connectivity index (χ3n) is 2.37. The van der Waals surface area contributed by atoms with Gasteiger partial charge in [0.2, 0.25) is 0 Å². The van der Waals surface area contributed by atoms with E-state index in [1.165, 1.54) is 12.1 Å². The van der Waals surface area contributed by atoms with Crippen molar-refractivity contribution in [3.8, 4) is 11.5 Å². The SMILES string of the molecule is NCc1ccc(Oc2cccc(Cl)c2F)c(Br)c1. The molecule has 0 bridgehead atoms. The van der Waals surface area contributed by atoms with E-state index in [0.29, 0.717) is 16.8 Å². The lowest BCUT2D eigenvalue weighted by atomic mass is 10.2. The summed E-state index contributed by atoms with van der Waals surface area (Å²) in [4.78, 5) is 0. The molecule has 0 spiro atoms. The first-order valence-electron chi connectivity index (χ1n) is 5.22. The highest BCUT2D eigenvalue weighted by Gasteiger charge is 2.10. The maximum atomic E-state index is 13.7. The van der Waals surface area contributed by atoms with Crippen molar-refractivity contribution in [2.75, 3.05) is 0 Å². The number of hydrogen-bond donors (Lipinski definition) is 1. The van der Waals surface area contributed by atoms with Crippen LogP contribution >= 0.6 is 27.5 Å². The Hall–Kier alpha value is -1.10. The van der Waals surface area contributed by atoms with Gasteiger partial charge in [-0.25, -0.2) is 4.39 Å². The monoisotopic (exact) mass is 329 g/mol. The third-order valence-corrected chi connectivity index (χ3v) is 3.28. The van der Waals surface area contributed by atoms with E-state index in [9.17, 15) is 4.39 Å². The Morgan fingerprint density at radius 1 is 1.22 bits per heavy atom. The van der Waals surface area contributed by atoms with Gasteiger partial charge in [0.25, 0.3) is 0 Å². The first kappa shape index (κ1) is 13.3. The van der Waals surface area contributed by atoms with Crippen LogP contribution in [0, 0.1) is 5.82 Å². The Kier molecular flexibility index (Phi) is 4.22. The molecule has 2 aromatic carbocycles. The number of hydrogen-bond acceptors (Lipinski definition) is 2. The van der Waals surface area contributed by atoms with Crippen molar-refractivity contribution in [2.45, 2.75) is 6.54 Å². The van der Waals surface area contributed by atoms with Gasteiger partial charge in [-0.3, -0.25) is 0 Å². The molecular formula is C13H10BrClFNO. The van der Waals surface area contributed by atoms with Crippen LogP contribution < -0.4 is 10.5 Å². The minimum Gasteiger partial charge on any atom is -0.453 e. The van der Waals surface area contributed by atoms with Gasteiger partial charge in [0.15, 0.2) is 11.6 Å². The van der Waals surface area contributed by atoms with Crippen LogP contribution in [0.15, 0.2) is 40.9 Å². The summed E-state index contributed by atoms with van der Waals surface area (Å²) in [5.74, 6) is 0.0195. The molecule has 0 amide bonds. The maximum Gasteiger partial charge on any atom is 0.184 e. The average Bonchev–Trinajstić information content (AvgIpc) is 2.37. The molecule has 94 valence electrons. The predicted molar refractivity (Wildman–Crippen MR) is 73.5 cm³/mol. The predicted octanol–water partition coefficient (Wildman–Crippen LogP) is 4.49. The summed E-state index contributed by atoms with van der Waals surface area (Å²) < 4.78 is 19.9. The Bertz CT molecular complexity index is 577. The Morgan fingerprint density at radius 3 is 2.67 bits per heavy atom. The molecule has 0 atom stereocenters. The summed E-state index contributed by atoms with van der Waals surface area (Å²) in [7, 11) is 0. The summed E-state index contributed by atoms with van der Waals surface area (Å²) in [5.41, 5.74) is 6.49. The van der Waals surface area contributed by atoms with Gasteiger partial charge in [-0.2, -0.15) is 0 Å². The van der Waals surface area contributed by atoms with Crippen molar-refractivity contribution in [3.63, 3.8) is 0 Å². The molecule has 0 aromatic heterocycles. The van der Waals surface area contributed by atoms with E-state index in [1.807, 2.05) is 12.1 Å². The smallest absolute Gasteiger partial charge is 0.184 e. The van der Waals surface area contributed by atoms with Crippen LogP contribution in [-0.4, -0.2) is 0 Å². The molecule has 0 saturated carbocycles. The Morgan fingerprint density at radius 2 is 2.00 bits per heavy atom. The number of halogens is 3. The summed E-state index contributed by atoms with van der Waals surface area (Å²) in [6.07, 6.45) is 0. The lowest BCUT2D eigenvalue weighted by Gasteiger charge is -2.10. The van der Waals surface area contributed by atoms with E-state index in [-0.39, 0.29) is 10.8 Å². The molecule has 2 nitrogen and oxygen atoms in total. The first-order chi connectivity index (χ1) is 8.61. The van der Waals surface area contributed by atoms with Gasteiger partial charge < -0.3 is 10.5 Å². The quantitative estimate of drug-likeness (QED) is 0.899. The molecule has 0 aliphatic carbocycles. The highest BCUT2D eigenvalue weighted by molar-refractivity contribution is 9.10. The van der Waals surface area contributed by atoms with E-state index in [0.717, 1.165) is 5.56 Å². The minimum atomic E-state index is -0.575. The van der Waals surface area contributed by atoms with Gasteiger partial charge in [-0.1, -0.05) is 23.7 Å². The van der Waals surface area contributed by atoms with Gasteiger partial charge in [0.1, 0.15) is 5.75 Å². The third kappa shape index (κ3) is 2.83. The van der Waals surface area contributed by atoms with E-state index >= 15 is 0 Å². The van der Waals surface area contributed by atoms with E-state index in [1.54, 1.807) is 12.1 Å². The second-order valence-corrected chi connectivity index (χ2v) is 4.88. The first-order valence-corrected chi connectivity index (χ1v) is 6.39. The minimum absolute atomic E-state index is 0.0298. The second-order valence-electron chi connectivity index (χ2n) is 3.62. The van der Waals surface area contributed by atoms with E-state index in [2.05, 4.69) is 15.9 Å². The van der Waals surface area contributed by atoms with Gasteiger partial charge in [0, 0.05) is 6.54 Å². The van der Waals surface area contributed by atoms with Crippen molar-refractivity contribution in [1.29, 1.82) is 0 Å². The van der Waals surface area contributed by atoms with Crippen molar-refractivity contribution in [3.05, 3.63) is 57.3 Å². The molecule has 0 fully saturated rings. The van der Waals surface area contributed by atoms with Crippen LogP contribution in [0.3, 0.4) is 0 Å². The highest BCUT2D eigenvalue weighted by Crippen LogP contribution is 2.33. The molecule has 0 heterocycles. The van der Waals surface area contributed by atoms with Crippen molar-refractivity contribution in [2.24, 2.45) is 5.73 Å². The van der Waals surface area contributed by atoms with Crippen molar-refractivity contribution >= 4 is 27.5 Å². The van der Waals surface area contributed by atoms with Gasteiger partial charge in [-0.05, 0) is 45.8 Å². The number of nitrogens with two attached hydrogens (primary N) is 1. The number of ether oxygens (including phenoxy) is 1. The summed E-state index contributed by atoms with van der Waals surface area (Å²) >= 11 is 9.04. The maximum absolute atomic E-state index is 13.7. The average molecular weight is 331 g/mol. The lowest BCUT2D eigenvalue weighted by molar-refractivity contribution is 0.440. The van der Waals surface area contributed by atoms with Crippen molar-refractivity contribution < 1.29 is 9.13 Å². The largest absolute Gasteiger partial charge is 0.453 e. The fourth-order valence-corrected chi connectivity index (χ4v) is 2.11. The van der Waals surface area contributed by atoms with Gasteiger partial charge in [-0.15, -0.1) is 0 Å². The van der Waals surface area contributed by atoms with Crippen LogP contribution in [0.1, 0.15) is 5.56 Å². The topological polar surface area (TPSA) is 35.2 Å². The molecule has 0 saturated heterocycles. The molecule has 2 aromatic rings. The normalized spacial score (nSPS) is 10.4. The number of benzene rings is 2. The van der Waals surface area contributed by atoms with Crippen LogP contribution in [0.4, 0.5) is 4.39 Å². The van der Waals surface area contributed by atoms with Crippen LogP contribution in [0.25, 0.3) is 0 Å². The zero-order chi connectivity index (χ0) is 13.1. The molecule has 18 heavy (non-hydrogen) atoms. The molecule has 0 aliphatic heterocycles. The van der Waals surface area contributed by atoms with Crippen LogP contribution in [-0.2, 0) is 6.54 Å². The molecular weight excluding hydrogens is 321 g/mol. The summed E-state index contributed by atoms with van der Waals surface area (Å²) in [6, 6.07) is 10.00. The van der Waals surface area contributed by atoms with E-state index < -0.39 is 5.82 Å². The molecule has 2 N–H and O–H groups in total. The second kappa shape index (κ2) is 5.69. The number of rotatable bonds is 3.